The topological polar surface area (TPSA) is 65.4 Å². The number of nitrogens with zero attached hydrogens (tertiary/aromatic N) is 2. The van der Waals surface area contributed by atoms with Crippen LogP contribution in [0.15, 0.2) is 60.7 Å². The van der Waals surface area contributed by atoms with Crippen LogP contribution in [0, 0.1) is 5.92 Å². The Morgan fingerprint density at radius 3 is 2.57 bits per heavy atom. The zero-order valence-corrected chi connectivity index (χ0v) is 15.8. The summed E-state index contributed by atoms with van der Waals surface area (Å²) in [6.45, 7) is 1.25. The molecule has 2 heterocycles. The average molecular weight is 377 g/mol. The summed E-state index contributed by atoms with van der Waals surface area (Å²) in [6.07, 6.45) is 1.48. The quantitative estimate of drug-likeness (QED) is 0.732. The number of ether oxygens (including phenoxy) is 2. The lowest BCUT2D eigenvalue weighted by atomic mass is 9.99. The number of rotatable bonds is 5. The number of hydrogen-bond donors (Lipinski definition) is 1. The van der Waals surface area contributed by atoms with E-state index in [0.29, 0.717) is 19.0 Å². The highest BCUT2D eigenvalue weighted by Gasteiger charge is 2.23. The molecule has 0 saturated carbocycles. The minimum absolute atomic E-state index is 0.00644. The van der Waals surface area contributed by atoms with Crippen molar-refractivity contribution in [2.45, 2.75) is 12.8 Å². The summed E-state index contributed by atoms with van der Waals surface area (Å²) in [5, 5.41) is 7.83. The maximum Gasteiger partial charge on any atom is 0.228 e. The SMILES string of the molecule is COc1ccccc1-c1cc(NC(=O)C2CCOCC2)n(-c2ccccc2)n1. The molecular formula is C22H23N3O3. The molecule has 0 bridgehead atoms. The van der Waals surface area contributed by atoms with Crippen LogP contribution in [0.3, 0.4) is 0 Å². The number of methoxy groups -OCH3 is 1. The second-order valence-corrected chi connectivity index (χ2v) is 6.74. The molecule has 1 saturated heterocycles. The molecule has 3 aromatic rings. The molecule has 1 aromatic heterocycles. The standard InChI is InChI=1S/C22H23N3O3/c1-27-20-10-6-5-9-18(20)19-15-21(23-22(26)16-11-13-28-14-12-16)25(24-19)17-7-3-2-4-8-17/h2-10,15-16H,11-14H2,1H3,(H,23,26). The first-order valence-electron chi connectivity index (χ1n) is 9.44. The lowest BCUT2D eigenvalue weighted by Gasteiger charge is -2.21. The van der Waals surface area contributed by atoms with Gasteiger partial charge in [0.25, 0.3) is 0 Å². The van der Waals surface area contributed by atoms with Gasteiger partial charge in [-0.15, -0.1) is 0 Å². The van der Waals surface area contributed by atoms with Gasteiger partial charge in [-0.2, -0.15) is 5.10 Å². The second-order valence-electron chi connectivity index (χ2n) is 6.74. The fraction of sp³-hybridized carbons (Fsp3) is 0.273. The molecule has 144 valence electrons. The van der Waals surface area contributed by atoms with E-state index in [2.05, 4.69) is 5.32 Å². The molecule has 1 amide bonds. The molecule has 0 atom stereocenters. The predicted octanol–water partition coefficient (Wildman–Crippen LogP) is 3.91. The molecular weight excluding hydrogens is 354 g/mol. The van der Waals surface area contributed by atoms with Gasteiger partial charge < -0.3 is 14.8 Å². The monoisotopic (exact) mass is 377 g/mol. The van der Waals surface area contributed by atoms with Crippen LogP contribution in [-0.2, 0) is 9.53 Å². The first kappa shape index (κ1) is 18.3. The first-order chi connectivity index (χ1) is 13.8. The van der Waals surface area contributed by atoms with Crippen molar-refractivity contribution < 1.29 is 14.3 Å². The van der Waals surface area contributed by atoms with Crippen molar-refractivity contribution in [2.75, 3.05) is 25.6 Å². The van der Waals surface area contributed by atoms with Crippen LogP contribution in [0.2, 0.25) is 0 Å². The van der Waals surface area contributed by atoms with Crippen molar-refractivity contribution in [1.82, 2.24) is 9.78 Å². The number of anilines is 1. The van der Waals surface area contributed by atoms with Crippen LogP contribution in [0.5, 0.6) is 5.75 Å². The third-order valence-electron chi connectivity index (χ3n) is 4.94. The third-order valence-corrected chi connectivity index (χ3v) is 4.94. The van der Waals surface area contributed by atoms with Crippen LogP contribution >= 0.6 is 0 Å². The summed E-state index contributed by atoms with van der Waals surface area (Å²) >= 11 is 0. The Labute approximate surface area is 164 Å². The third kappa shape index (κ3) is 3.77. The number of amides is 1. The second kappa shape index (κ2) is 8.27. The number of benzene rings is 2. The fourth-order valence-electron chi connectivity index (χ4n) is 3.41. The number of hydrogen-bond acceptors (Lipinski definition) is 4. The number of para-hydroxylation sites is 2. The largest absolute Gasteiger partial charge is 0.496 e. The maximum atomic E-state index is 12.8. The molecule has 0 unspecified atom stereocenters. The van der Waals surface area contributed by atoms with E-state index in [1.165, 1.54) is 0 Å². The lowest BCUT2D eigenvalue weighted by molar-refractivity contribution is -0.122. The van der Waals surface area contributed by atoms with Crippen molar-refractivity contribution in [1.29, 1.82) is 0 Å². The normalized spacial score (nSPS) is 14.6. The Kier molecular flexibility index (Phi) is 5.39. The number of aromatic nitrogens is 2. The smallest absolute Gasteiger partial charge is 0.228 e. The molecule has 1 aliphatic heterocycles. The van der Waals surface area contributed by atoms with Crippen molar-refractivity contribution >= 4 is 11.7 Å². The molecule has 0 aliphatic carbocycles. The zero-order valence-electron chi connectivity index (χ0n) is 15.8. The summed E-state index contributed by atoms with van der Waals surface area (Å²) in [7, 11) is 1.64. The van der Waals surface area contributed by atoms with Gasteiger partial charge in [0.2, 0.25) is 5.91 Å². The Bertz CT molecular complexity index is 947. The van der Waals surface area contributed by atoms with Crippen LogP contribution in [0.4, 0.5) is 5.82 Å². The van der Waals surface area contributed by atoms with Gasteiger partial charge in [0.05, 0.1) is 18.5 Å². The van der Waals surface area contributed by atoms with Gasteiger partial charge in [-0.25, -0.2) is 4.68 Å². The summed E-state index contributed by atoms with van der Waals surface area (Å²) in [6, 6.07) is 19.4. The number of carbonyl (C=O) groups excluding carboxylic acids is 1. The molecule has 6 heteroatoms. The first-order valence-corrected chi connectivity index (χ1v) is 9.44. The molecule has 2 aromatic carbocycles. The van der Waals surface area contributed by atoms with Gasteiger partial charge in [-0.05, 0) is 37.1 Å². The predicted molar refractivity (Wildman–Crippen MR) is 108 cm³/mol. The highest BCUT2D eigenvalue weighted by atomic mass is 16.5. The molecule has 28 heavy (non-hydrogen) atoms. The van der Waals surface area contributed by atoms with E-state index >= 15 is 0 Å². The van der Waals surface area contributed by atoms with E-state index in [9.17, 15) is 4.79 Å². The number of nitrogens with one attached hydrogen (secondary N) is 1. The van der Waals surface area contributed by atoms with Crippen molar-refractivity contribution in [2.24, 2.45) is 5.92 Å². The van der Waals surface area contributed by atoms with Crippen molar-refractivity contribution in [3.63, 3.8) is 0 Å². The van der Waals surface area contributed by atoms with Crippen LogP contribution in [0.1, 0.15) is 12.8 Å². The molecule has 1 fully saturated rings. The average Bonchev–Trinajstić information content (AvgIpc) is 3.18. The Morgan fingerprint density at radius 2 is 1.82 bits per heavy atom. The molecule has 4 rings (SSSR count). The minimum Gasteiger partial charge on any atom is -0.496 e. The minimum atomic E-state index is -0.0393. The van der Waals surface area contributed by atoms with Gasteiger partial charge >= 0.3 is 0 Å². The van der Waals surface area contributed by atoms with Gasteiger partial charge in [-0.3, -0.25) is 4.79 Å². The van der Waals surface area contributed by atoms with E-state index < -0.39 is 0 Å². The zero-order chi connectivity index (χ0) is 19.3. The Morgan fingerprint density at radius 1 is 1.11 bits per heavy atom. The fourth-order valence-corrected chi connectivity index (χ4v) is 3.41. The molecule has 0 spiro atoms. The number of carbonyl (C=O) groups is 1. The Hall–Kier alpha value is -3.12. The highest BCUT2D eigenvalue weighted by molar-refractivity contribution is 5.92. The molecule has 1 N–H and O–H groups in total. The van der Waals surface area contributed by atoms with Gasteiger partial charge in [0.15, 0.2) is 0 Å². The highest BCUT2D eigenvalue weighted by Crippen LogP contribution is 2.32. The Balaban J connectivity index is 1.71. The van der Waals surface area contributed by atoms with Gasteiger partial charge in [-0.1, -0.05) is 30.3 Å². The summed E-state index contributed by atoms with van der Waals surface area (Å²) in [4.78, 5) is 12.8. The molecule has 6 nitrogen and oxygen atoms in total. The van der Waals surface area contributed by atoms with Gasteiger partial charge in [0, 0.05) is 30.8 Å². The summed E-state index contributed by atoms with van der Waals surface area (Å²) in [5.41, 5.74) is 2.50. The van der Waals surface area contributed by atoms with Crippen LogP contribution in [-0.4, -0.2) is 36.0 Å². The summed E-state index contributed by atoms with van der Waals surface area (Å²) < 4.78 is 12.6. The van der Waals surface area contributed by atoms with Crippen molar-refractivity contribution in [3.05, 3.63) is 60.7 Å². The lowest BCUT2D eigenvalue weighted by Crippen LogP contribution is -2.29. The molecule has 1 aliphatic rings. The van der Waals surface area contributed by atoms with E-state index in [0.717, 1.165) is 35.5 Å². The maximum absolute atomic E-state index is 12.8. The van der Waals surface area contributed by atoms with E-state index in [-0.39, 0.29) is 11.8 Å². The van der Waals surface area contributed by atoms with E-state index in [1.807, 2.05) is 60.7 Å². The van der Waals surface area contributed by atoms with Crippen LogP contribution < -0.4 is 10.1 Å². The van der Waals surface area contributed by atoms with E-state index in [1.54, 1.807) is 11.8 Å². The van der Waals surface area contributed by atoms with Gasteiger partial charge in [0.1, 0.15) is 11.6 Å². The van der Waals surface area contributed by atoms with Crippen LogP contribution in [0.25, 0.3) is 16.9 Å². The van der Waals surface area contributed by atoms with Crippen molar-refractivity contribution in [3.8, 4) is 22.7 Å². The van der Waals surface area contributed by atoms with E-state index in [4.69, 9.17) is 14.6 Å². The molecule has 0 radical (unpaired) electrons. The summed E-state index contributed by atoms with van der Waals surface area (Å²) in [5.74, 6) is 1.35.